The van der Waals surface area contributed by atoms with Gasteiger partial charge in [0.25, 0.3) is 0 Å². The highest BCUT2D eigenvalue weighted by atomic mass is 32.2. The van der Waals surface area contributed by atoms with Crippen LogP contribution in [0.4, 0.5) is 0 Å². The van der Waals surface area contributed by atoms with Crippen LogP contribution in [-0.4, -0.2) is 68.7 Å². The lowest BCUT2D eigenvalue weighted by Crippen LogP contribution is -2.16. The van der Waals surface area contributed by atoms with E-state index in [1.807, 2.05) is 17.8 Å². The monoisotopic (exact) mass is 560 g/mol. The number of carbonyl (C=O) groups excluding carboxylic acids is 1. The van der Waals surface area contributed by atoms with Crippen LogP contribution in [0.1, 0.15) is 136 Å². The van der Waals surface area contributed by atoms with Crippen LogP contribution in [0.25, 0.3) is 0 Å². The molecule has 0 saturated heterocycles. The second kappa shape index (κ2) is 38.6. The molecule has 5 nitrogen and oxygen atoms in total. The Morgan fingerprint density at radius 3 is 1.74 bits per heavy atom. The van der Waals surface area contributed by atoms with Gasteiger partial charge in [0, 0.05) is 18.7 Å². The first-order chi connectivity index (χ1) is 18.1. The highest BCUT2D eigenvalue weighted by molar-refractivity contribution is 7.98. The quantitative estimate of drug-likeness (QED) is 0.0622. The molecule has 0 radical (unpaired) electrons. The number of nitrogens with one attached hydrogen (secondary N) is 1. The van der Waals surface area contributed by atoms with E-state index in [1.54, 1.807) is 0 Å². The Labute approximate surface area is 243 Å². The summed E-state index contributed by atoms with van der Waals surface area (Å²) >= 11 is 1.89. The number of ether oxygens (including phenoxy) is 1. The Hall–Kier alpha value is -0.560. The Balaban J connectivity index is -0.00000134. The van der Waals surface area contributed by atoms with Gasteiger partial charge in [-0.25, -0.2) is 0 Å². The van der Waals surface area contributed by atoms with E-state index in [4.69, 9.17) is 4.74 Å². The zero-order valence-electron chi connectivity index (χ0n) is 26.3. The number of esters is 1. The summed E-state index contributed by atoms with van der Waals surface area (Å²) in [7, 11) is 4.19. The lowest BCUT2D eigenvalue weighted by molar-refractivity contribution is -0.142. The number of hydrogen-bond donors (Lipinski definition) is 1. The number of thioether (sulfide) groups is 1. The molecule has 0 aromatic rings. The third-order valence-electron chi connectivity index (χ3n) is 6.42. The van der Waals surface area contributed by atoms with Crippen LogP contribution in [0.3, 0.4) is 0 Å². The van der Waals surface area contributed by atoms with Crippen LogP contribution in [-0.2, 0) is 9.53 Å². The molecule has 0 fully saturated rings. The second-order valence-electron chi connectivity index (χ2n) is 10.5. The van der Waals surface area contributed by atoms with Gasteiger partial charge >= 0.3 is 5.97 Å². The summed E-state index contributed by atoms with van der Waals surface area (Å²) < 4.78 is 5.26. The minimum absolute atomic E-state index is 0. The molecule has 0 aliphatic carbocycles. The van der Waals surface area contributed by atoms with E-state index in [0.29, 0.717) is 13.0 Å². The summed E-state index contributed by atoms with van der Waals surface area (Å²) in [6, 6.07) is 0. The van der Waals surface area contributed by atoms with Gasteiger partial charge in [0.05, 0.1) is 0 Å². The van der Waals surface area contributed by atoms with E-state index in [0.717, 1.165) is 25.8 Å². The summed E-state index contributed by atoms with van der Waals surface area (Å²) in [4.78, 5) is 13.9. The zero-order valence-corrected chi connectivity index (χ0v) is 27.1. The van der Waals surface area contributed by atoms with Crippen molar-refractivity contribution in [2.45, 2.75) is 136 Å². The van der Waals surface area contributed by atoms with Gasteiger partial charge in [-0.3, -0.25) is 4.79 Å². The molecule has 0 aromatic heterocycles. The average molecular weight is 561 g/mol. The number of unbranched alkanes of at least 4 members (excludes halogenated alkanes) is 15. The van der Waals surface area contributed by atoms with Gasteiger partial charge in [-0.05, 0) is 65.5 Å². The van der Waals surface area contributed by atoms with E-state index >= 15 is 0 Å². The van der Waals surface area contributed by atoms with Crippen LogP contribution in [0.2, 0.25) is 0 Å². The molecule has 0 aromatic carbocycles. The Kier molecular flexibility index (Phi) is 42.6. The lowest BCUT2D eigenvalue weighted by Gasteiger charge is -2.05. The van der Waals surface area contributed by atoms with Gasteiger partial charge < -0.3 is 20.4 Å². The van der Waals surface area contributed by atoms with Crippen LogP contribution in [0.5, 0.6) is 0 Å². The van der Waals surface area contributed by atoms with Gasteiger partial charge in [-0.15, -0.1) is 0 Å². The predicted octanol–water partition coefficient (Wildman–Crippen LogP) is 8.21. The van der Waals surface area contributed by atoms with Crippen molar-refractivity contribution in [1.82, 2.24) is 10.2 Å². The summed E-state index contributed by atoms with van der Waals surface area (Å²) in [5, 5.41) is 3.57. The van der Waals surface area contributed by atoms with E-state index in [2.05, 4.69) is 50.5 Å². The molecule has 0 rings (SSSR count). The molecule has 0 aliphatic heterocycles. The molecule has 230 valence electrons. The Morgan fingerprint density at radius 2 is 1.24 bits per heavy atom. The van der Waals surface area contributed by atoms with Crippen LogP contribution in [0, 0.1) is 0 Å². The summed E-state index contributed by atoms with van der Waals surface area (Å²) in [5.41, 5.74) is 0. The lowest BCUT2D eigenvalue weighted by atomic mass is 10.1. The largest absolute Gasteiger partial charge is 0.461 e. The van der Waals surface area contributed by atoms with Crippen LogP contribution < -0.4 is 5.32 Å². The molecule has 0 unspecified atom stereocenters. The number of allylic oxidation sites excluding steroid dienone is 1. The molecule has 0 atom stereocenters. The molecule has 0 spiro atoms. The summed E-state index contributed by atoms with van der Waals surface area (Å²) in [5.74, 6) is 1.20. The van der Waals surface area contributed by atoms with Gasteiger partial charge in [0.15, 0.2) is 0 Å². The molecule has 0 saturated carbocycles. The van der Waals surface area contributed by atoms with E-state index in [-0.39, 0.29) is 11.4 Å². The Bertz CT molecular complexity index is 462. The molecule has 6 heteroatoms. The summed E-state index contributed by atoms with van der Waals surface area (Å²) in [6.45, 7) is 8.46. The van der Waals surface area contributed by atoms with E-state index in [9.17, 15) is 4.79 Å². The molecule has 0 aliphatic rings. The third kappa shape index (κ3) is 42.5. The topological polar surface area (TPSA) is 73.1 Å². The van der Waals surface area contributed by atoms with Crippen molar-refractivity contribution < 1.29 is 15.0 Å². The molecule has 0 heterocycles. The maximum absolute atomic E-state index is 11.7. The standard InChI is InChI=1S/C27H53NO2.C5H13NS.H2O/c1-3-5-7-9-11-12-16-20-24-28-25-21-17-14-15-19-23-27(29)30-26-22-18-13-10-8-6-4-2;1-6(2)4-5-7-3;/h18,22,28H,3-17,19-21,23-26H2,1-2H3;4-5H2,1-3H3;1H2/b22-18-;;. The first-order valence-electron chi connectivity index (χ1n) is 15.7. The molecule has 38 heavy (non-hydrogen) atoms. The van der Waals surface area contributed by atoms with Crippen molar-refractivity contribution >= 4 is 17.7 Å². The molecule has 0 amide bonds. The van der Waals surface area contributed by atoms with E-state index < -0.39 is 0 Å². The number of rotatable bonds is 27. The molecule has 3 N–H and O–H groups in total. The smallest absolute Gasteiger partial charge is 0.306 e. The Morgan fingerprint density at radius 1 is 0.737 bits per heavy atom. The fourth-order valence-electron chi connectivity index (χ4n) is 3.92. The number of carbonyl (C=O) groups is 1. The minimum Gasteiger partial charge on any atom is -0.461 e. The van der Waals surface area contributed by atoms with Gasteiger partial charge in [-0.1, -0.05) is 109 Å². The average Bonchev–Trinajstić information content (AvgIpc) is 2.89. The highest BCUT2D eigenvalue weighted by Gasteiger charge is 2.01. The van der Waals surface area contributed by atoms with Crippen molar-refractivity contribution in [1.29, 1.82) is 0 Å². The molecular weight excluding hydrogens is 492 g/mol. The second-order valence-corrected chi connectivity index (χ2v) is 11.5. The number of nitrogens with zero attached hydrogens (tertiary/aromatic N) is 1. The summed E-state index contributed by atoms with van der Waals surface area (Å²) in [6.07, 6.45) is 30.0. The van der Waals surface area contributed by atoms with Crippen molar-refractivity contribution in [3.63, 3.8) is 0 Å². The van der Waals surface area contributed by atoms with Crippen LogP contribution in [0.15, 0.2) is 12.2 Å². The van der Waals surface area contributed by atoms with Crippen molar-refractivity contribution in [2.75, 3.05) is 52.3 Å². The maximum Gasteiger partial charge on any atom is 0.306 e. The van der Waals surface area contributed by atoms with Crippen molar-refractivity contribution in [3.8, 4) is 0 Å². The fourth-order valence-corrected chi connectivity index (χ4v) is 4.47. The van der Waals surface area contributed by atoms with Gasteiger partial charge in [0.1, 0.15) is 6.61 Å². The first-order valence-corrected chi connectivity index (χ1v) is 17.1. The predicted molar refractivity (Wildman–Crippen MR) is 173 cm³/mol. The van der Waals surface area contributed by atoms with Gasteiger partial charge in [0.2, 0.25) is 0 Å². The van der Waals surface area contributed by atoms with Crippen molar-refractivity contribution in [3.05, 3.63) is 12.2 Å². The fraction of sp³-hybridized carbons (Fsp3) is 0.906. The van der Waals surface area contributed by atoms with Crippen molar-refractivity contribution in [2.24, 2.45) is 0 Å². The van der Waals surface area contributed by atoms with Crippen LogP contribution >= 0.6 is 11.8 Å². The highest BCUT2D eigenvalue weighted by Crippen LogP contribution is 2.09. The molecular formula is C32H68N2O3S. The first kappa shape index (κ1) is 41.9. The molecule has 0 bridgehead atoms. The normalized spacial score (nSPS) is 10.9. The third-order valence-corrected chi connectivity index (χ3v) is 7.01. The number of hydrogen-bond acceptors (Lipinski definition) is 5. The zero-order chi connectivity index (χ0) is 27.7. The van der Waals surface area contributed by atoms with Gasteiger partial charge in [-0.2, -0.15) is 11.8 Å². The SMILES string of the molecule is CCCCCC/C=C\COC(=O)CCCCCCCNCCCCCCCCCC.CSCCN(C)C.O. The minimum atomic E-state index is -0.0438. The van der Waals surface area contributed by atoms with E-state index in [1.165, 1.54) is 115 Å². The maximum atomic E-state index is 11.7.